The van der Waals surface area contributed by atoms with E-state index in [1.54, 1.807) is 18.2 Å². The van der Waals surface area contributed by atoms with Crippen LogP contribution in [0.3, 0.4) is 0 Å². The van der Waals surface area contributed by atoms with Gasteiger partial charge >= 0.3 is 0 Å². The fourth-order valence-corrected chi connectivity index (χ4v) is 2.56. The van der Waals surface area contributed by atoms with Crippen molar-refractivity contribution in [1.82, 2.24) is 0 Å². The van der Waals surface area contributed by atoms with Crippen LogP contribution in [-0.2, 0) is 4.74 Å². The number of hydrogen-bond donors (Lipinski definition) is 1. The minimum absolute atomic E-state index is 0.0193. The molecular weight excluding hydrogens is 363 g/mol. The molecule has 2 aromatic carbocycles. The molecule has 0 heterocycles. The number of methoxy groups -OCH3 is 1. The Balaban J connectivity index is 2.42. The van der Waals surface area contributed by atoms with Crippen LogP contribution in [-0.4, -0.2) is 19.0 Å². The van der Waals surface area contributed by atoms with Gasteiger partial charge in [-0.1, -0.05) is 29.8 Å². The van der Waals surface area contributed by atoms with Crippen molar-refractivity contribution < 1.29 is 19.0 Å². The number of halogens is 3. The van der Waals surface area contributed by atoms with Crippen molar-refractivity contribution in [3.8, 4) is 5.75 Å². The summed E-state index contributed by atoms with van der Waals surface area (Å²) in [6.07, 6.45) is -1.17. The molecule has 0 saturated carbocycles. The molecule has 1 atom stereocenters. The van der Waals surface area contributed by atoms with Gasteiger partial charge < -0.3 is 14.6 Å². The van der Waals surface area contributed by atoms with Crippen molar-refractivity contribution in [2.24, 2.45) is 0 Å². The highest BCUT2D eigenvalue weighted by Crippen LogP contribution is 2.36. The molecule has 0 aromatic heterocycles. The van der Waals surface area contributed by atoms with E-state index in [0.717, 1.165) is 6.07 Å². The summed E-state index contributed by atoms with van der Waals surface area (Å²) in [5.41, 5.74) is 0.558. The summed E-state index contributed by atoms with van der Waals surface area (Å²) < 4.78 is 24.9. The lowest BCUT2D eigenvalue weighted by Gasteiger charge is -2.18. The maximum atomic E-state index is 13.9. The molecule has 1 unspecified atom stereocenters. The predicted octanol–water partition coefficient (Wildman–Crippen LogP) is 4.31. The second kappa shape index (κ2) is 7.22. The zero-order valence-corrected chi connectivity index (χ0v) is 13.5. The van der Waals surface area contributed by atoms with E-state index in [-0.39, 0.29) is 17.4 Å². The summed E-state index contributed by atoms with van der Waals surface area (Å²) in [7, 11) is 1.49. The number of aliphatic hydroxyl groups is 1. The number of ether oxygens (including phenoxy) is 2. The van der Waals surface area contributed by atoms with Crippen LogP contribution in [0.2, 0.25) is 5.02 Å². The van der Waals surface area contributed by atoms with Gasteiger partial charge in [-0.25, -0.2) is 4.39 Å². The normalized spacial score (nSPS) is 12.2. The van der Waals surface area contributed by atoms with Gasteiger partial charge in [-0.05, 0) is 34.1 Å². The van der Waals surface area contributed by atoms with Crippen LogP contribution in [0, 0.1) is 5.82 Å². The molecule has 2 rings (SSSR count). The van der Waals surface area contributed by atoms with E-state index in [2.05, 4.69) is 15.9 Å². The Labute approximate surface area is 135 Å². The summed E-state index contributed by atoms with van der Waals surface area (Å²) in [5, 5.41) is 10.7. The van der Waals surface area contributed by atoms with Gasteiger partial charge in [0.05, 0.1) is 4.47 Å². The molecule has 0 aliphatic heterocycles. The van der Waals surface area contributed by atoms with Gasteiger partial charge in [0, 0.05) is 23.3 Å². The first-order valence-corrected chi connectivity index (χ1v) is 7.25. The van der Waals surface area contributed by atoms with Gasteiger partial charge in [0.15, 0.2) is 6.79 Å². The lowest BCUT2D eigenvalue weighted by molar-refractivity contribution is 0.0481. The van der Waals surface area contributed by atoms with Crippen LogP contribution in [0.4, 0.5) is 4.39 Å². The van der Waals surface area contributed by atoms with Gasteiger partial charge in [-0.2, -0.15) is 0 Å². The SMILES string of the molecule is COCOc1c(Br)cccc1C(O)c1ccc(Cl)cc1F. The van der Waals surface area contributed by atoms with Crippen LogP contribution >= 0.6 is 27.5 Å². The van der Waals surface area contributed by atoms with Gasteiger partial charge in [0.1, 0.15) is 17.7 Å². The first-order chi connectivity index (χ1) is 10.0. The first-order valence-electron chi connectivity index (χ1n) is 6.07. The molecule has 0 fully saturated rings. The molecule has 21 heavy (non-hydrogen) atoms. The van der Waals surface area contributed by atoms with E-state index < -0.39 is 11.9 Å². The molecular formula is C15H13BrClFO3. The van der Waals surface area contributed by atoms with Crippen molar-refractivity contribution in [3.63, 3.8) is 0 Å². The van der Waals surface area contributed by atoms with E-state index in [0.29, 0.717) is 15.8 Å². The Bertz CT molecular complexity index is 636. The minimum atomic E-state index is -1.17. The highest BCUT2D eigenvalue weighted by molar-refractivity contribution is 9.10. The standard InChI is InChI=1S/C15H13BrClFO3/c1-20-8-21-15-11(3-2-4-12(15)16)14(19)10-6-5-9(17)7-13(10)18/h2-7,14,19H,8H2,1H3. The van der Waals surface area contributed by atoms with Crippen LogP contribution in [0.25, 0.3) is 0 Å². The smallest absolute Gasteiger partial charge is 0.188 e. The molecule has 1 N–H and O–H groups in total. The number of rotatable bonds is 5. The van der Waals surface area contributed by atoms with Crippen LogP contribution in [0.15, 0.2) is 40.9 Å². The van der Waals surface area contributed by atoms with Crippen LogP contribution in [0.1, 0.15) is 17.2 Å². The van der Waals surface area contributed by atoms with Crippen LogP contribution < -0.4 is 4.74 Å². The molecule has 0 saturated heterocycles. The predicted molar refractivity (Wildman–Crippen MR) is 82.1 cm³/mol. The third-order valence-corrected chi connectivity index (χ3v) is 3.73. The van der Waals surface area contributed by atoms with E-state index in [1.165, 1.54) is 19.2 Å². The number of benzene rings is 2. The molecule has 6 heteroatoms. The lowest BCUT2D eigenvalue weighted by atomic mass is 10.0. The maximum Gasteiger partial charge on any atom is 0.188 e. The van der Waals surface area contributed by atoms with Crippen molar-refractivity contribution in [3.05, 3.63) is 62.8 Å². The van der Waals surface area contributed by atoms with Gasteiger partial charge in [-0.3, -0.25) is 0 Å². The number of para-hydroxylation sites is 1. The monoisotopic (exact) mass is 374 g/mol. The van der Waals surface area contributed by atoms with Crippen molar-refractivity contribution in [2.45, 2.75) is 6.10 Å². The van der Waals surface area contributed by atoms with Crippen molar-refractivity contribution >= 4 is 27.5 Å². The zero-order chi connectivity index (χ0) is 15.4. The van der Waals surface area contributed by atoms with Gasteiger partial charge in [-0.15, -0.1) is 0 Å². The molecule has 0 spiro atoms. The van der Waals surface area contributed by atoms with Gasteiger partial charge in [0.25, 0.3) is 0 Å². The average Bonchev–Trinajstić information content (AvgIpc) is 2.45. The molecule has 2 aromatic rings. The Morgan fingerprint density at radius 3 is 2.71 bits per heavy atom. The van der Waals surface area contributed by atoms with E-state index in [4.69, 9.17) is 21.1 Å². The minimum Gasteiger partial charge on any atom is -0.466 e. The molecule has 0 amide bonds. The molecule has 0 aliphatic rings. The second-order valence-electron chi connectivity index (χ2n) is 4.28. The first kappa shape index (κ1) is 16.2. The summed E-state index contributed by atoms with van der Waals surface area (Å²) in [5.74, 6) is -0.172. The molecule has 112 valence electrons. The molecule has 3 nitrogen and oxygen atoms in total. The van der Waals surface area contributed by atoms with Crippen LogP contribution in [0.5, 0.6) is 5.75 Å². The Morgan fingerprint density at radius 2 is 2.05 bits per heavy atom. The summed E-state index contributed by atoms with van der Waals surface area (Å²) in [6.45, 7) is 0.0193. The topological polar surface area (TPSA) is 38.7 Å². The van der Waals surface area contributed by atoms with Crippen molar-refractivity contribution in [2.75, 3.05) is 13.9 Å². The summed E-state index contributed by atoms with van der Waals surface area (Å²) in [4.78, 5) is 0. The third-order valence-electron chi connectivity index (χ3n) is 2.87. The summed E-state index contributed by atoms with van der Waals surface area (Å²) in [6, 6.07) is 9.29. The molecule has 0 aliphatic carbocycles. The number of hydrogen-bond acceptors (Lipinski definition) is 3. The molecule has 0 radical (unpaired) electrons. The Hall–Kier alpha value is -1.14. The van der Waals surface area contributed by atoms with E-state index >= 15 is 0 Å². The van der Waals surface area contributed by atoms with Gasteiger partial charge in [0.2, 0.25) is 0 Å². The third kappa shape index (κ3) is 3.74. The largest absolute Gasteiger partial charge is 0.466 e. The lowest BCUT2D eigenvalue weighted by Crippen LogP contribution is -2.08. The van der Waals surface area contributed by atoms with E-state index in [9.17, 15) is 9.50 Å². The average molecular weight is 376 g/mol. The molecule has 0 bridgehead atoms. The second-order valence-corrected chi connectivity index (χ2v) is 5.57. The maximum absolute atomic E-state index is 13.9. The number of aliphatic hydroxyl groups excluding tert-OH is 1. The summed E-state index contributed by atoms with van der Waals surface area (Å²) >= 11 is 9.06. The Morgan fingerprint density at radius 1 is 1.29 bits per heavy atom. The quantitative estimate of drug-likeness (QED) is 0.792. The van der Waals surface area contributed by atoms with E-state index in [1.807, 2.05) is 0 Å². The fourth-order valence-electron chi connectivity index (χ4n) is 1.90. The highest BCUT2D eigenvalue weighted by atomic mass is 79.9. The highest BCUT2D eigenvalue weighted by Gasteiger charge is 2.20. The van der Waals surface area contributed by atoms with Crippen molar-refractivity contribution in [1.29, 1.82) is 0 Å². The zero-order valence-electron chi connectivity index (χ0n) is 11.1. The Kier molecular flexibility index (Phi) is 5.58. The fraction of sp³-hybridized carbons (Fsp3) is 0.200.